The van der Waals surface area contributed by atoms with E-state index in [2.05, 4.69) is 64.2 Å². The van der Waals surface area contributed by atoms with Gasteiger partial charge >= 0.3 is 0 Å². The van der Waals surface area contributed by atoms with E-state index in [1.807, 2.05) is 82.4 Å². The van der Waals surface area contributed by atoms with Crippen LogP contribution >= 0.6 is 0 Å². The van der Waals surface area contributed by atoms with Crippen molar-refractivity contribution < 1.29 is 39.8 Å². The van der Waals surface area contributed by atoms with E-state index in [1.165, 1.54) is 0 Å². The molecule has 1 unspecified atom stereocenters. The van der Waals surface area contributed by atoms with Gasteiger partial charge in [0.2, 0.25) is 0 Å². The minimum atomic E-state index is -1.56. The molecule has 1 aliphatic heterocycles. The number of aliphatic hydroxyl groups excluding tert-OH is 5. The minimum Gasteiger partial charge on any atom is -0.394 e. The molecule has 2 aliphatic rings. The standard InChI is InChI=1S/C46H64O8/c1-31(16-11-12-17-32(2)19-14-22-34(4)24-26-37-36(6)38(48)28-29-45(37,7)8)18-13-20-33(3)21-15-23-35(5)25-27-40(49)46(9,10)54-44-43(52)42(51)41(50)39(30-47)53-44/h11-27,39-44,47,49-52H,28-30H2,1-10H3/b12-11+,18-13+,19-14+,21-15+,26-24+,27-25+,31-16+,32-17+,33-20+,34-22+,35-23+/t39-,40?,41-,42+,43-,44+/m1/s1. The third-order valence-electron chi connectivity index (χ3n) is 9.55. The molecule has 1 saturated heterocycles. The van der Waals surface area contributed by atoms with E-state index in [9.17, 15) is 30.3 Å². The van der Waals surface area contributed by atoms with E-state index in [0.29, 0.717) is 6.42 Å². The lowest BCUT2D eigenvalue weighted by Gasteiger charge is -2.43. The molecule has 0 spiro atoms. The Bertz CT molecular complexity index is 1650. The number of ether oxygens (including phenoxy) is 2. The smallest absolute Gasteiger partial charge is 0.187 e. The molecular formula is C46H64O8. The van der Waals surface area contributed by atoms with E-state index in [4.69, 9.17) is 9.47 Å². The van der Waals surface area contributed by atoms with Gasteiger partial charge in [0.15, 0.2) is 12.1 Å². The van der Waals surface area contributed by atoms with Crippen LogP contribution in [0.4, 0.5) is 0 Å². The molecule has 296 valence electrons. The van der Waals surface area contributed by atoms with E-state index < -0.39 is 49.0 Å². The molecule has 0 amide bonds. The van der Waals surface area contributed by atoms with Gasteiger partial charge in [-0.15, -0.1) is 0 Å². The molecular weight excluding hydrogens is 680 g/mol. The number of carbonyl (C=O) groups excluding carboxylic acids is 1. The Balaban J connectivity index is 1.87. The highest BCUT2D eigenvalue weighted by molar-refractivity contribution is 5.97. The predicted molar refractivity (Wildman–Crippen MR) is 219 cm³/mol. The molecule has 2 rings (SSSR count). The second-order valence-electron chi connectivity index (χ2n) is 15.4. The summed E-state index contributed by atoms with van der Waals surface area (Å²) in [5.74, 6) is 0.253. The summed E-state index contributed by atoms with van der Waals surface area (Å²) in [6.07, 6.45) is 27.1. The molecule has 1 fully saturated rings. The van der Waals surface area contributed by atoms with Gasteiger partial charge in [0.05, 0.1) is 12.2 Å². The summed E-state index contributed by atoms with van der Waals surface area (Å²) in [5.41, 5.74) is 6.12. The maximum absolute atomic E-state index is 12.2. The van der Waals surface area contributed by atoms with Crippen molar-refractivity contribution in [2.24, 2.45) is 5.41 Å². The van der Waals surface area contributed by atoms with Crippen LogP contribution in [-0.4, -0.2) is 80.3 Å². The maximum Gasteiger partial charge on any atom is 0.187 e. The van der Waals surface area contributed by atoms with Crippen molar-refractivity contribution in [3.63, 3.8) is 0 Å². The van der Waals surface area contributed by atoms with Gasteiger partial charge in [0, 0.05) is 6.42 Å². The highest BCUT2D eigenvalue weighted by Crippen LogP contribution is 2.39. The van der Waals surface area contributed by atoms with Gasteiger partial charge < -0.3 is 35.0 Å². The van der Waals surface area contributed by atoms with Crippen LogP contribution in [0.5, 0.6) is 0 Å². The zero-order valence-electron chi connectivity index (χ0n) is 33.9. The number of rotatable bonds is 16. The Hall–Kier alpha value is -3.73. The summed E-state index contributed by atoms with van der Waals surface area (Å²) in [4.78, 5) is 12.2. The number of ketones is 1. The molecule has 0 bridgehead atoms. The van der Waals surface area contributed by atoms with Crippen LogP contribution < -0.4 is 0 Å². The van der Waals surface area contributed by atoms with Crippen molar-refractivity contribution in [2.75, 3.05) is 6.61 Å². The zero-order valence-corrected chi connectivity index (χ0v) is 33.9. The molecule has 0 aromatic carbocycles. The van der Waals surface area contributed by atoms with Crippen molar-refractivity contribution in [1.82, 2.24) is 0 Å². The summed E-state index contributed by atoms with van der Waals surface area (Å²) in [6.45, 7) is 19.1. The fourth-order valence-electron chi connectivity index (χ4n) is 5.73. The number of hydrogen-bond donors (Lipinski definition) is 5. The zero-order chi connectivity index (χ0) is 40.6. The Morgan fingerprint density at radius 2 is 1.24 bits per heavy atom. The Kier molecular flexibility index (Phi) is 18.9. The molecule has 8 nitrogen and oxygen atoms in total. The van der Waals surface area contributed by atoms with Gasteiger partial charge in [0.1, 0.15) is 30.5 Å². The van der Waals surface area contributed by atoms with E-state index in [1.54, 1.807) is 26.0 Å². The summed E-state index contributed by atoms with van der Waals surface area (Å²) in [6, 6.07) is 0. The predicted octanol–water partition coefficient (Wildman–Crippen LogP) is 7.72. The van der Waals surface area contributed by atoms with Crippen LogP contribution in [0.1, 0.15) is 82.1 Å². The van der Waals surface area contributed by atoms with Gasteiger partial charge in [-0.3, -0.25) is 4.79 Å². The third kappa shape index (κ3) is 15.2. The number of allylic oxidation sites excluding steroid dienone is 23. The fraction of sp³-hybridized carbons (Fsp3) is 0.457. The minimum absolute atomic E-state index is 0.0162. The van der Waals surface area contributed by atoms with Crippen molar-refractivity contribution in [3.8, 4) is 0 Å². The quantitative estimate of drug-likeness (QED) is 0.101. The molecule has 5 N–H and O–H groups in total. The van der Waals surface area contributed by atoms with Crippen molar-refractivity contribution in [3.05, 3.63) is 142 Å². The molecule has 1 heterocycles. The Morgan fingerprint density at radius 3 is 1.74 bits per heavy atom. The summed E-state index contributed by atoms with van der Waals surface area (Å²) < 4.78 is 11.2. The molecule has 8 heteroatoms. The van der Waals surface area contributed by atoms with Gasteiger partial charge in [0.25, 0.3) is 0 Å². The monoisotopic (exact) mass is 744 g/mol. The second-order valence-corrected chi connectivity index (χ2v) is 15.4. The van der Waals surface area contributed by atoms with Crippen LogP contribution in [-0.2, 0) is 14.3 Å². The lowest BCUT2D eigenvalue weighted by Crippen LogP contribution is -2.61. The first-order valence-electron chi connectivity index (χ1n) is 18.6. The third-order valence-corrected chi connectivity index (χ3v) is 9.55. The van der Waals surface area contributed by atoms with Crippen molar-refractivity contribution in [2.45, 2.75) is 124 Å². The van der Waals surface area contributed by atoms with Crippen LogP contribution in [0.25, 0.3) is 0 Å². The molecule has 0 aromatic rings. The molecule has 1 aliphatic carbocycles. The molecule has 0 radical (unpaired) electrons. The molecule has 0 aromatic heterocycles. The Labute approximate surface area is 323 Å². The SMILES string of the molecule is CC1=C(/C=C/C(C)=C/C=C/C(C)=C/C=C/C=C(C)/C=C/C=C(C)/C=C/C=C(C)/C=C/C(O)C(C)(C)O[C@@H]2O[C@H](CO)[C@@H](O)[C@H](O)[C@H]2O)C(C)(C)CCC1=O. The average molecular weight is 745 g/mol. The van der Waals surface area contributed by atoms with Gasteiger partial charge in [-0.05, 0) is 78.4 Å². The topological polar surface area (TPSA) is 137 Å². The first-order valence-corrected chi connectivity index (χ1v) is 18.6. The molecule has 54 heavy (non-hydrogen) atoms. The summed E-state index contributed by atoms with van der Waals surface area (Å²) >= 11 is 0. The van der Waals surface area contributed by atoms with Crippen LogP contribution in [0, 0.1) is 5.41 Å². The van der Waals surface area contributed by atoms with Crippen molar-refractivity contribution >= 4 is 5.78 Å². The number of Topliss-reactive ketones (excluding diaryl/α,β-unsaturated/α-hetero) is 1. The molecule has 6 atom stereocenters. The molecule has 0 saturated carbocycles. The van der Waals surface area contributed by atoms with E-state index in [0.717, 1.165) is 45.4 Å². The lowest BCUT2D eigenvalue weighted by atomic mass is 9.72. The van der Waals surface area contributed by atoms with Gasteiger partial charge in [-0.25, -0.2) is 0 Å². The van der Waals surface area contributed by atoms with Gasteiger partial charge in [-0.2, -0.15) is 0 Å². The van der Waals surface area contributed by atoms with Crippen molar-refractivity contribution in [1.29, 1.82) is 0 Å². The maximum atomic E-state index is 12.2. The fourth-order valence-corrected chi connectivity index (χ4v) is 5.73. The number of carbonyl (C=O) groups is 1. The highest BCUT2D eigenvalue weighted by atomic mass is 16.7. The summed E-state index contributed by atoms with van der Waals surface area (Å²) in [7, 11) is 0. The largest absolute Gasteiger partial charge is 0.394 e. The number of aliphatic hydroxyl groups is 5. The number of hydrogen-bond acceptors (Lipinski definition) is 8. The highest BCUT2D eigenvalue weighted by Gasteiger charge is 2.46. The first kappa shape index (κ1) is 46.4. The van der Waals surface area contributed by atoms with Gasteiger partial charge in [-0.1, -0.05) is 145 Å². The van der Waals surface area contributed by atoms with Crippen LogP contribution in [0.3, 0.4) is 0 Å². The average Bonchev–Trinajstić information content (AvgIpc) is 3.10. The normalized spacial score (nSPS) is 26.7. The van der Waals surface area contributed by atoms with Crippen LogP contribution in [0.2, 0.25) is 0 Å². The Morgan fingerprint density at radius 1 is 0.778 bits per heavy atom. The second kappa shape index (κ2) is 22.0. The lowest BCUT2D eigenvalue weighted by molar-refractivity contribution is -0.329. The first-order chi connectivity index (χ1) is 25.3. The summed E-state index contributed by atoms with van der Waals surface area (Å²) in [5, 5.41) is 50.4. The van der Waals surface area contributed by atoms with E-state index in [-0.39, 0.29) is 11.2 Å². The van der Waals surface area contributed by atoms with Crippen LogP contribution in [0.15, 0.2) is 142 Å². The van der Waals surface area contributed by atoms with E-state index >= 15 is 0 Å².